The smallest absolute Gasteiger partial charge is 0.233 e. The average Bonchev–Trinajstić information content (AvgIpc) is 2.47. The largest absolute Gasteiger partial charge is 0.377 e. The monoisotopic (exact) mass is 172 g/mol. The summed E-state index contributed by atoms with van der Waals surface area (Å²) in [5.74, 6) is 0.0223. The third kappa shape index (κ3) is 2.46. The van der Waals surface area contributed by atoms with Crippen molar-refractivity contribution in [3.8, 4) is 0 Å². The lowest BCUT2D eigenvalue weighted by molar-refractivity contribution is -0.119. The summed E-state index contributed by atoms with van der Waals surface area (Å²) < 4.78 is 5.34. The first-order valence-electron chi connectivity index (χ1n) is 4.29. The van der Waals surface area contributed by atoms with E-state index >= 15 is 0 Å². The molecule has 1 amide bonds. The van der Waals surface area contributed by atoms with Crippen molar-refractivity contribution in [1.82, 2.24) is 10.6 Å². The highest BCUT2D eigenvalue weighted by Gasteiger charge is 2.23. The molecule has 0 aliphatic carbocycles. The van der Waals surface area contributed by atoms with Crippen molar-refractivity contribution in [1.29, 1.82) is 0 Å². The first-order chi connectivity index (χ1) is 5.74. The van der Waals surface area contributed by atoms with E-state index in [1.807, 2.05) is 6.92 Å². The number of likely N-dealkylation sites (N-methyl/N-ethyl adjacent to an activating group) is 1. The fourth-order valence-corrected chi connectivity index (χ4v) is 1.31. The molecule has 1 heterocycles. The third-order valence-electron chi connectivity index (χ3n) is 2.18. The quantitative estimate of drug-likeness (QED) is 0.603. The van der Waals surface area contributed by atoms with Crippen LogP contribution in [0.4, 0.5) is 0 Å². The molecule has 1 rings (SSSR count). The maximum Gasteiger partial charge on any atom is 0.233 e. The molecule has 0 spiro atoms. The molecule has 0 saturated carbocycles. The van der Waals surface area contributed by atoms with E-state index in [0.717, 1.165) is 13.0 Å². The van der Waals surface area contributed by atoms with Crippen LogP contribution in [0.5, 0.6) is 0 Å². The van der Waals surface area contributed by atoms with Crippen molar-refractivity contribution in [2.75, 3.05) is 20.2 Å². The summed E-state index contributed by atoms with van der Waals surface area (Å²) in [6, 6.07) is 0.335. The molecule has 2 atom stereocenters. The van der Waals surface area contributed by atoms with E-state index < -0.39 is 0 Å². The Kier molecular flexibility index (Phi) is 3.49. The minimum Gasteiger partial charge on any atom is -0.377 e. The van der Waals surface area contributed by atoms with Crippen molar-refractivity contribution in [2.24, 2.45) is 0 Å². The van der Waals surface area contributed by atoms with E-state index in [2.05, 4.69) is 10.6 Å². The Morgan fingerprint density at radius 1 is 1.67 bits per heavy atom. The van der Waals surface area contributed by atoms with Gasteiger partial charge in [-0.05, 0) is 13.3 Å². The van der Waals surface area contributed by atoms with Gasteiger partial charge in [-0.3, -0.25) is 4.79 Å². The summed E-state index contributed by atoms with van der Waals surface area (Å²) in [5.41, 5.74) is 0. The molecule has 1 aliphatic rings. The Balaban J connectivity index is 2.18. The van der Waals surface area contributed by atoms with Crippen molar-refractivity contribution < 1.29 is 9.53 Å². The van der Waals surface area contributed by atoms with Crippen LogP contribution in [-0.2, 0) is 9.53 Å². The van der Waals surface area contributed by atoms with Gasteiger partial charge < -0.3 is 15.4 Å². The number of carbonyl (C=O) groups excluding carboxylic acids is 1. The number of nitrogens with one attached hydrogen (secondary N) is 2. The number of rotatable bonds is 3. The zero-order chi connectivity index (χ0) is 8.97. The zero-order valence-corrected chi connectivity index (χ0v) is 7.59. The predicted molar refractivity (Wildman–Crippen MR) is 45.9 cm³/mol. The van der Waals surface area contributed by atoms with Gasteiger partial charge in [-0.1, -0.05) is 0 Å². The van der Waals surface area contributed by atoms with Crippen LogP contribution in [-0.4, -0.2) is 38.3 Å². The fraction of sp³-hybridized carbons (Fsp3) is 0.875. The van der Waals surface area contributed by atoms with Gasteiger partial charge in [0.1, 0.15) is 0 Å². The lowest BCUT2D eigenvalue weighted by Crippen LogP contribution is -2.41. The third-order valence-corrected chi connectivity index (χ3v) is 2.18. The van der Waals surface area contributed by atoms with Crippen LogP contribution in [0.2, 0.25) is 0 Å². The number of hydrogen-bond acceptors (Lipinski definition) is 3. The van der Waals surface area contributed by atoms with Gasteiger partial charge in [-0.25, -0.2) is 0 Å². The summed E-state index contributed by atoms with van der Waals surface area (Å²) in [6.45, 7) is 3.20. The molecule has 70 valence electrons. The van der Waals surface area contributed by atoms with Crippen LogP contribution in [0, 0.1) is 0 Å². The molecule has 0 aromatic heterocycles. The van der Waals surface area contributed by atoms with Crippen LogP contribution in [0.3, 0.4) is 0 Å². The number of carbonyl (C=O) groups is 1. The molecule has 0 radical (unpaired) electrons. The Morgan fingerprint density at radius 3 is 2.92 bits per heavy atom. The Bertz CT molecular complexity index is 161. The zero-order valence-electron chi connectivity index (χ0n) is 7.59. The van der Waals surface area contributed by atoms with E-state index in [-0.39, 0.29) is 12.0 Å². The highest BCUT2D eigenvalue weighted by Crippen LogP contribution is 2.11. The highest BCUT2D eigenvalue weighted by atomic mass is 16.5. The molecular weight excluding hydrogens is 156 g/mol. The minimum absolute atomic E-state index is 0.0223. The van der Waals surface area contributed by atoms with Crippen LogP contribution in [0.25, 0.3) is 0 Å². The van der Waals surface area contributed by atoms with Gasteiger partial charge in [0.15, 0.2) is 0 Å². The molecule has 1 aliphatic heterocycles. The van der Waals surface area contributed by atoms with Crippen molar-refractivity contribution in [3.63, 3.8) is 0 Å². The molecule has 4 nitrogen and oxygen atoms in total. The fourth-order valence-electron chi connectivity index (χ4n) is 1.31. The number of hydrogen-bond donors (Lipinski definition) is 2. The average molecular weight is 172 g/mol. The molecule has 2 unspecified atom stereocenters. The predicted octanol–water partition coefficient (Wildman–Crippen LogP) is -0.501. The van der Waals surface area contributed by atoms with E-state index in [4.69, 9.17) is 4.74 Å². The summed E-state index contributed by atoms with van der Waals surface area (Å²) in [4.78, 5) is 10.9. The lowest BCUT2D eigenvalue weighted by atomic mass is 10.1. The van der Waals surface area contributed by atoms with Crippen LogP contribution >= 0.6 is 0 Å². The standard InChI is InChI=1S/C8H16N2O2/c1-6-7(3-4-12-6)10-5-8(11)9-2/h6-7,10H,3-5H2,1-2H3,(H,9,11). The molecule has 0 aromatic carbocycles. The van der Waals surface area contributed by atoms with Gasteiger partial charge in [0.25, 0.3) is 0 Å². The van der Waals surface area contributed by atoms with Gasteiger partial charge in [0.2, 0.25) is 5.91 Å². The topological polar surface area (TPSA) is 50.4 Å². The minimum atomic E-state index is 0.0223. The van der Waals surface area contributed by atoms with Gasteiger partial charge >= 0.3 is 0 Å². The normalized spacial score (nSPS) is 28.8. The Morgan fingerprint density at radius 2 is 2.42 bits per heavy atom. The highest BCUT2D eigenvalue weighted by molar-refractivity contribution is 5.77. The molecule has 0 bridgehead atoms. The first kappa shape index (κ1) is 9.48. The summed E-state index contributed by atoms with van der Waals surface area (Å²) in [5, 5.41) is 5.71. The van der Waals surface area contributed by atoms with Crippen molar-refractivity contribution >= 4 is 5.91 Å². The number of ether oxygens (including phenoxy) is 1. The van der Waals surface area contributed by atoms with Crippen LogP contribution < -0.4 is 10.6 Å². The molecule has 1 fully saturated rings. The van der Waals surface area contributed by atoms with Gasteiger partial charge in [-0.2, -0.15) is 0 Å². The van der Waals surface area contributed by atoms with E-state index in [0.29, 0.717) is 12.6 Å². The molecular formula is C8H16N2O2. The maximum atomic E-state index is 10.9. The summed E-state index contributed by atoms with van der Waals surface area (Å²) in [7, 11) is 1.64. The van der Waals surface area contributed by atoms with E-state index in [9.17, 15) is 4.79 Å². The van der Waals surface area contributed by atoms with Crippen LogP contribution in [0.1, 0.15) is 13.3 Å². The molecule has 0 aromatic rings. The van der Waals surface area contributed by atoms with Crippen molar-refractivity contribution in [3.05, 3.63) is 0 Å². The number of amides is 1. The second-order valence-corrected chi connectivity index (χ2v) is 3.03. The van der Waals surface area contributed by atoms with Crippen LogP contribution in [0.15, 0.2) is 0 Å². The maximum absolute atomic E-state index is 10.9. The molecule has 4 heteroatoms. The van der Waals surface area contributed by atoms with Crippen molar-refractivity contribution in [2.45, 2.75) is 25.5 Å². The first-order valence-corrected chi connectivity index (χ1v) is 4.29. The summed E-state index contributed by atoms with van der Waals surface area (Å²) in [6.07, 6.45) is 1.23. The van der Waals surface area contributed by atoms with Gasteiger partial charge in [0.05, 0.1) is 12.6 Å². The summed E-state index contributed by atoms with van der Waals surface area (Å²) >= 11 is 0. The SMILES string of the molecule is CNC(=O)CNC1CCOC1C. The Hall–Kier alpha value is -0.610. The van der Waals surface area contributed by atoms with E-state index in [1.54, 1.807) is 7.05 Å². The molecule has 1 saturated heterocycles. The second-order valence-electron chi connectivity index (χ2n) is 3.03. The second kappa shape index (κ2) is 4.42. The van der Waals surface area contributed by atoms with Gasteiger partial charge in [0, 0.05) is 19.7 Å². The Labute approximate surface area is 72.7 Å². The lowest BCUT2D eigenvalue weighted by Gasteiger charge is -2.14. The molecule has 12 heavy (non-hydrogen) atoms. The van der Waals surface area contributed by atoms with Gasteiger partial charge in [-0.15, -0.1) is 0 Å². The molecule has 2 N–H and O–H groups in total. The van der Waals surface area contributed by atoms with E-state index in [1.165, 1.54) is 0 Å².